The molecule has 0 fully saturated rings. The van der Waals surface area contributed by atoms with Crippen LogP contribution in [-0.4, -0.2) is 23.0 Å². The standard InChI is InChI=1S/C15H14BrNO2/c16-13-6-7-15(19)12(8-13)9-17-14(10-18)11-4-2-1-3-5-11/h1-9,14,18-19H,10H2. The molecule has 2 N–H and O–H groups in total. The zero-order chi connectivity index (χ0) is 13.7. The molecule has 0 aliphatic carbocycles. The van der Waals surface area contributed by atoms with E-state index in [2.05, 4.69) is 20.9 Å². The number of hydrogen-bond donors (Lipinski definition) is 2. The Morgan fingerprint density at radius 2 is 1.89 bits per heavy atom. The Bertz CT molecular complexity index is 570. The predicted molar refractivity (Wildman–Crippen MR) is 79.7 cm³/mol. The Balaban J connectivity index is 2.23. The van der Waals surface area contributed by atoms with Crippen LogP contribution < -0.4 is 0 Å². The van der Waals surface area contributed by atoms with Crippen molar-refractivity contribution in [3.05, 3.63) is 64.1 Å². The molecule has 19 heavy (non-hydrogen) atoms. The van der Waals surface area contributed by atoms with E-state index < -0.39 is 0 Å². The average Bonchev–Trinajstić information content (AvgIpc) is 2.44. The lowest BCUT2D eigenvalue weighted by molar-refractivity contribution is 0.269. The van der Waals surface area contributed by atoms with E-state index in [0.717, 1.165) is 10.0 Å². The van der Waals surface area contributed by atoms with Crippen LogP contribution in [0.3, 0.4) is 0 Å². The van der Waals surface area contributed by atoms with Crippen LogP contribution in [0.1, 0.15) is 17.2 Å². The van der Waals surface area contributed by atoms with Gasteiger partial charge in [-0.3, -0.25) is 4.99 Å². The van der Waals surface area contributed by atoms with Crippen molar-refractivity contribution in [2.45, 2.75) is 6.04 Å². The molecule has 0 aliphatic heterocycles. The first-order valence-electron chi connectivity index (χ1n) is 5.88. The third-order valence-electron chi connectivity index (χ3n) is 2.74. The first-order chi connectivity index (χ1) is 9.20. The number of aromatic hydroxyl groups is 1. The van der Waals surface area contributed by atoms with Crippen molar-refractivity contribution < 1.29 is 10.2 Å². The van der Waals surface area contributed by atoms with Crippen LogP contribution in [0.25, 0.3) is 0 Å². The summed E-state index contributed by atoms with van der Waals surface area (Å²) in [5.41, 5.74) is 1.56. The number of benzene rings is 2. The molecular formula is C15H14BrNO2. The van der Waals surface area contributed by atoms with Crippen LogP contribution in [0.15, 0.2) is 58.0 Å². The summed E-state index contributed by atoms with van der Waals surface area (Å²) in [5.74, 6) is 0.164. The Hall–Kier alpha value is -1.65. The number of phenolic OH excluding ortho intramolecular Hbond substituents is 1. The number of aliphatic imine (C=N–C) groups is 1. The number of hydrogen-bond acceptors (Lipinski definition) is 3. The van der Waals surface area contributed by atoms with E-state index in [0.29, 0.717) is 5.56 Å². The molecule has 2 aromatic carbocycles. The van der Waals surface area contributed by atoms with Crippen molar-refractivity contribution in [2.75, 3.05) is 6.61 Å². The van der Waals surface area contributed by atoms with Gasteiger partial charge in [0.2, 0.25) is 0 Å². The molecule has 1 unspecified atom stereocenters. The third-order valence-corrected chi connectivity index (χ3v) is 3.23. The molecule has 4 heteroatoms. The minimum Gasteiger partial charge on any atom is -0.507 e. The Kier molecular flexibility index (Phi) is 4.71. The van der Waals surface area contributed by atoms with E-state index in [1.807, 2.05) is 30.3 Å². The summed E-state index contributed by atoms with van der Waals surface area (Å²) < 4.78 is 0.868. The Labute approximate surface area is 120 Å². The van der Waals surface area contributed by atoms with Gasteiger partial charge in [0.15, 0.2) is 0 Å². The molecule has 0 saturated carbocycles. The van der Waals surface area contributed by atoms with E-state index in [9.17, 15) is 10.2 Å². The minimum atomic E-state index is -0.320. The summed E-state index contributed by atoms with van der Waals surface area (Å²) in [7, 11) is 0. The van der Waals surface area contributed by atoms with E-state index >= 15 is 0 Å². The summed E-state index contributed by atoms with van der Waals surface area (Å²) in [6.07, 6.45) is 1.58. The van der Waals surface area contributed by atoms with E-state index in [1.54, 1.807) is 24.4 Å². The molecule has 0 bridgehead atoms. The number of halogens is 1. The SMILES string of the molecule is OCC(N=Cc1cc(Br)ccc1O)c1ccccc1. The maximum absolute atomic E-state index is 9.72. The molecule has 2 aromatic rings. The number of aliphatic hydroxyl groups is 1. The zero-order valence-corrected chi connectivity index (χ0v) is 11.8. The second kappa shape index (κ2) is 6.50. The molecule has 0 aromatic heterocycles. The summed E-state index contributed by atoms with van der Waals surface area (Å²) in [6, 6.07) is 14.4. The van der Waals surface area contributed by atoms with Gasteiger partial charge in [-0.05, 0) is 23.8 Å². The van der Waals surface area contributed by atoms with Gasteiger partial charge in [-0.15, -0.1) is 0 Å². The summed E-state index contributed by atoms with van der Waals surface area (Å²) in [5, 5.41) is 19.1. The zero-order valence-electron chi connectivity index (χ0n) is 10.2. The Morgan fingerprint density at radius 1 is 1.16 bits per heavy atom. The molecular weight excluding hydrogens is 306 g/mol. The van der Waals surface area contributed by atoms with Gasteiger partial charge in [-0.25, -0.2) is 0 Å². The largest absolute Gasteiger partial charge is 0.507 e. The van der Waals surface area contributed by atoms with Gasteiger partial charge in [0.25, 0.3) is 0 Å². The number of nitrogens with zero attached hydrogens (tertiary/aromatic N) is 1. The van der Waals surface area contributed by atoms with E-state index in [1.165, 1.54) is 0 Å². The quantitative estimate of drug-likeness (QED) is 0.849. The second-order valence-corrected chi connectivity index (χ2v) is 5.01. The van der Waals surface area contributed by atoms with Gasteiger partial charge >= 0.3 is 0 Å². The van der Waals surface area contributed by atoms with Gasteiger partial charge in [-0.1, -0.05) is 46.3 Å². The predicted octanol–water partition coefficient (Wildman–Crippen LogP) is 3.31. The lowest BCUT2D eigenvalue weighted by Crippen LogP contribution is -2.01. The summed E-state index contributed by atoms with van der Waals surface area (Å²) in [6.45, 7) is -0.0741. The molecule has 0 heterocycles. The molecule has 98 valence electrons. The van der Waals surface area contributed by atoms with Gasteiger partial charge in [-0.2, -0.15) is 0 Å². The highest BCUT2D eigenvalue weighted by atomic mass is 79.9. The van der Waals surface area contributed by atoms with Crippen LogP contribution in [0, 0.1) is 0 Å². The molecule has 1 atom stereocenters. The van der Waals surface area contributed by atoms with Crippen LogP contribution in [-0.2, 0) is 0 Å². The molecule has 0 saturated heterocycles. The normalized spacial score (nSPS) is 12.7. The third kappa shape index (κ3) is 3.66. The lowest BCUT2D eigenvalue weighted by atomic mass is 10.1. The van der Waals surface area contributed by atoms with Gasteiger partial charge in [0.1, 0.15) is 5.75 Å². The lowest BCUT2D eigenvalue weighted by Gasteiger charge is -2.09. The monoisotopic (exact) mass is 319 g/mol. The molecule has 3 nitrogen and oxygen atoms in total. The van der Waals surface area contributed by atoms with Gasteiger partial charge < -0.3 is 10.2 Å². The highest BCUT2D eigenvalue weighted by Gasteiger charge is 2.07. The Morgan fingerprint density at radius 3 is 2.58 bits per heavy atom. The van der Waals surface area contributed by atoms with Crippen molar-refractivity contribution in [3.8, 4) is 5.75 Å². The molecule has 0 radical (unpaired) electrons. The fraction of sp³-hybridized carbons (Fsp3) is 0.133. The van der Waals surface area contributed by atoms with Gasteiger partial charge in [0.05, 0.1) is 12.6 Å². The fourth-order valence-electron chi connectivity index (χ4n) is 1.71. The van der Waals surface area contributed by atoms with Crippen LogP contribution in [0.4, 0.5) is 0 Å². The van der Waals surface area contributed by atoms with Crippen molar-refractivity contribution in [3.63, 3.8) is 0 Å². The van der Waals surface area contributed by atoms with Crippen molar-refractivity contribution >= 4 is 22.1 Å². The summed E-state index contributed by atoms with van der Waals surface area (Å²) in [4.78, 5) is 4.33. The van der Waals surface area contributed by atoms with E-state index in [-0.39, 0.29) is 18.4 Å². The van der Waals surface area contributed by atoms with Crippen LogP contribution in [0.2, 0.25) is 0 Å². The molecule has 0 amide bonds. The highest BCUT2D eigenvalue weighted by molar-refractivity contribution is 9.10. The fourth-order valence-corrected chi connectivity index (χ4v) is 2.09. The highest BCUT2D eigenvalue weighted by Crippen LogP contribution is 2.22. The van der Waals surface area contributed by atoms with Crippen molar-refractivity contribution in [1.82, 2.24) is 0 Å². The second-order valence-electron chi connectivity index (χ2n) is 4.09. The number of phenols is 1. The maximum Gasteiger partial charge on any atom is 0.124 e. The number of aliphatic hydroxyl groups excluding tert-OH is 1. The minimum absolute atomic E-state index is 0.0741. The van der Waals surface area contributed by atoms with Crippen molar-refractivity contribution in [1.29, 1.82) is 0 Å². The molecule has 2 rings (SSSR count). The van der Waals surface area contributed by atoms with Crippen LogP contribution in [0.5, 0.6) is 5.75 Å². The van der Waals surface area contributed by atoms with Crippen LogP contribution >= 0.6 is 15.9 Å². The molecule has 0 aliphatic rings. The van der Waals surface area contributed by atoms with E-state index in [4.69, 9.17) is 0 Å². The maximum atomic E-state index is 9.72. The molecule has 0 spiro atoms. The summed E-state index contributed by atoms with van der Waals surface area (Å²) >= 11 is 3.34. The first kappa shape index (κ1) is 13.8. The van der Waals surface area contributed by atoms with Crippen molar-refractivity contribution in [2.24, 2.45) is 4.99 Å². The number of rotatable bonds is 4. The smallest absolute Gasteiger partial charge is 0.124 e. The average molecular weight is 320 g/mol. The first-order valence-corrected chi connectivity index (χ1v) is 6.67. The van der Waals surface area contributed by atoms with Gasteiger partial charge in [0, 0.05) is 16.3 Å². The topological polar surface area (TPSA) is 52.8 Å².